The molecule has 0 bridgehead atoms. The van der Waals surface area contributed by atoms with Crippen molar-refractivity contribution >= 4 is 30.9 Å². The van der Waals surface area contributed by atoms with Crippen LogP contribution in [-0.2, 0) is 28.7 Å². The Hall–Kier alpha value is 0.0369. The largest absolute Gasteiger partial charge is 1.00 e. The van der Waals surface area contributed by atoms with Crippen molar-refractivity contribution in [2.24, 2.45) is 0 Å². The Balaban J connectivity index is 0. The zero-order chi connectivity index (χ0) is 20.3. The van der Waals surface area contributed by atoms with Crippen LogP contribution in [0.1, 0.15) is 13.3 Å². The first kappa shape index (κ1) is 31.2. The number of hydrogen-bond donors (Lipinski definition) is 0. The maximum absolute atomic E-state index is 5.93. The molecule has 0 saturated carbocycles. The molecule has 0 radical (unpaired) electrons. The van der Waals surface area contributed by atoms with Gasteiger partial charge in [-0.15, -0.1) is 36.1 Å². The maximum Gasteiger partial charge on any atom is 0.183 e. The Kier molecular flexibility index (Phi) is 17.0. The fourth-order valence-corrected chi connectivity index (χ4v) is 5.64. The van der Waals surface area contributed by atoms with E-state index in [1.165, 1.54) is 46.2 Å². The molecule has 0 atom stereocenters. The van der Waals surface area contributed by atoms with Crippen LogP contribution in [0, 0.1) is 6.08 Å². The SMILES string of the molecule is C[CH]=[Zr+2].C[Si](C)(C)OCC[Si](C)(C)C1=[C-]CC=C1.[Cl-].[Cl-].c1ccc2[cH-]ccc2c1. The standard InChI is InChI=1S/C12H23OSi2.C9H7.C2H4.2ClH.Zr/c1-14(2,3)13-10-11-15(4,5)12-8-6-7-9-12;1-2-5-9-7-3-6-8(9)4-1;1-2;;;/h6,8H,7,10-11H2,1-5H3;1-7H;1H,2H3;2*1H;/q2*-1;;;;+2/p-2. The van der Waals surface area contributed by atoms with E-state index in [2.05, 4.69) is 97.1 Å². The van der Waals surface area contributed by atoms with Crippen LogP contribution in [0.15, 0.2) is 59.8 Å². The van der Waals surface area contributed by atoms with Crippen molar-refractivity contribution in [2.45, 2.75) is 52.1 Å². The van der Waals surface area contributed by atoms with Crippen molar-refractivity contribution in [1.82, 2.24) is 0 Å². The first-order valence-corrected chi connectivity index (χ1v) is 17.7. The minimum Gasteiger partial charge on any atom is -1.00 e. The molecule has 3 rings (SSSR count). The molecule has 1 aliphatic carbocycles. The normalized spacial score (nSPS) is 12.5. The maximum atomic E-state index is 5.93. The summed E-state index contributed by atoms with van der Waals surface area (Å²) in [5, 5.41) is 4.15. The Morgan fingerprint density at radius 1 is 1.10 bits per heavy atom. The average molecular weight is 545 g/mol. The molecule has 0 N–H and O–H groups in total. The van der Waals surface area contributed by atoms with Crippen LogP contribution in [0.2, 0.25) is 38.8 Å². The van der Waals surface area contributed by atoms with Gasteiger partial charge < -0.3 is 29.2 Å². The number of halogens is 2. The summed E-state index contributed by atoms with van der Waals surface area (Å²) >= 11 is 1.51. The molecule has 0 aliphatic heterocycles. The van der Waals surface area contributed by atoms with Gasteiger partial charge in [-0.1, -0.05) is 19.2 Å². The van der Waals surface area contributed by atoms with Crippen LogP contribution >= 0.6 is 0 Å². The van der Waals surface area contributed by atoms with Crippen LogP contribution in [0.4, 0.5) is 0 Å². The van der Waals surface area contributed by atoms with Gasteiger partial charge in [-0.3, -0.25) is 6.08 Å². The van der Waals surface area contributed by atoms with Gasteiger partial charge in [0.2, 0.25) is 0 Å². The third-order valence-electron chi connectivity index (χ3n) is 4.23. The van der Waals surface area contributed by atoms with Crippen LogP contribution in [0.5, 0.6) is 0 Å². The molecule has 0 unspecified atom stereocenters. The topological polar surface area (TPSA) is 9.23 Å². The fourth-order valence-electron chi connectivity index (χ4n) is 2.69. The van der Waals surface area contributed by atoms with E-state index >= 15 is 0 Å². The number of rotatable bonds is 5. The summed E-state index contributed by atoms with van der Waals surface area (Å²) in [5.74, 6) is 0. The van der Waals surface area contributed by atoms with Crippen molar-refractivity contribution in [2.75, 3.05) is 6.61 Å². The Morgan fingerprint density at radius 3 is 2.24 bits per heavy atom. The van der Waals surface area contributed by atoms with Gasteiger partial charge in [0, 0.05) is 14.7 Å². The van der Waals surface area contributed by atoms with Gasteiger partial charge in [0.1, 0.15) is 0 Å². The predicted octanol–water partition coefficient (Wildman–Crippen LogP) is 0.697. The van der Waals surface area contributed by atoms with E-state index in [4.69, 9.17) is 4.43 Å². The van der Waals surface area contributed by atoms with Gasteiger partial charge in [-0.2, -0.15) is 23.6 Å². The third kappa shape index (κ3) is 13.1. The zero-order valence-corrected chi connectivity index (χ0v) is 24.5. The zero-order valence-electron chi connectivity index (χ0n) is 18.6. The quantitative estimate of drug-likeness (QED) is 0.398. The molecule has 0 amide bonds. The van der Waals surface area contributed by atoms with Gasteiger partial charge in [-0.05, 0) is 25.7 Å². The molecule has 1 aliphatic rings. The van der Waals surface area contributed by atoms with E-state index in [9.17, 15) is 0 Å². The summed E-state index contributed by atoms with van der Waals surface area (Å²) in [5.41, 5.74) is 0. The summed E-state index contributed by atoms with van der Waals surface area (Å²) in [4.78, 5) is 0. The number of hydrogen-bond acceptors (Lipinski definition) is 1. The molecule has 2 aromatic rings. The molecule has 1 nitrogen and oxygen atoms in total. The second kappa shape index (κ2) is 15.8. The van der Waals surface area contributed by atoms with Gasteiger partial charge in [0.05, 0.1) is 0 Å². The molecular weight excluding hydrogens is 511 g/mol. The molecule has 29 heavy (non-hydrogen) atoms. The summed E-state index contributed by atoms with van der Waals surface area (Å²) in [7, 11) is -2.58. The van der Waals surface area contributed by atoms with Crippen LogP contribution < -0.4 is 24.8 Å². The van der Waals surface area contributed by atoms with Crippen molar-refractivity contribution in [1.29, 1.82) is 0 Å². The smallest absolute Gasteiger partial charge is 0.183 e. The van der Waals surface area contributed by atoms with Gasteiger partial charge in [0.25, 0.3) is 0 Å². The molecule has 160 valence electrons. The van der Waals surface area contributed by atoms with Gasteiger partial charge in [0.15, 0.2) is 8.32 Å². The van der Waals surface area contributed by atoms with Crippen molar-refractivity contribution in [3.63, 3.8) is 0 Å². The first-order chi connectivity index (χ1) is 12.7. The number of benzene rings is 1. The fraction of sp³-hybridized carbons (Fsp3) is 0.391. The van der Waals surface area contributed by atoms with E-state index in [0.29, 0.717) is 0 Å². The first-order valence-electron chi connectivity index (χ1n) is 9.67. The predicted molar refractivity (Wildman–Crippen MR) is 123 cm³/mol. The Bertz CT molecular complexity index is 731. The Morgan fingerprint density at radius 2 is 1.72 bits per heavy atom. The minimum atomic E-state index is -1.32. The third-order valence-corrected chi connectivity index (χ3v) is 8.56. The van der Waals surface area contributed by atoms with Crippen molar-refractivity contribution < 1.29 is 53.5 Å². The molecule has 6 heteroatoms. The Labute approximate surface area is 207 Å². The van der Waals surface area contributed by atoms with E-state index in [0.717, 1.165) is 13.0 Å². The summed E-state index contributed by atoms with van der Waals surface area (Å²) in [6.45, 7) is 14.6. The minimum absolute atomic E-state index is 0. The summed E-state index contributed by atoms with van der Waals surface area (Å²) < 4.78 is 8.02. The molecule has 0 aromatic heterocycles. The van der Waals surface area contributed by atoms with E-state index < -0.39 is 16.4 Å². The van der Waals surface area contributed by atoms with Crippen molar-refractivity contribution in [3.05, 3.63) is 65.9 Å². The second-order valence-electron chi connectivity index (χ2n) is 8.24. The number of allylic oxidation sites excluding steroid dienone is 4. The molecule has 0 heterocycles. The monoisotopic (exact) mass is 542 g/mol. The van der Waals surface area contributed by atoms with Crippen molar-refractivity contribution in [3.8, 4) is 0 Å². The molecular formula is C23H34Cl2OSi2Zr-2. The van der Waals surface area contributed by atoms with E-state index in [1.807, 2.05) is 6.92 Å². The molecule has 2 aromatic carbocycles. The summed E-state index contributed by atoms with van der Waals surface area (Å²) in [6, 6.07) is 15.9. The molecule has 0 spiro atoms. The molecule has 0 saturated heterocycles. The van der Waals surface area contributed by atoms with Crippen LogP contribution in [-0.4, -0.2) is 26.7 Å². The second-order valence-corrected chi connectivity index (χ2v) is 19.0. The van der Waals surface area contributed by atoms with Crippen LogP contribution in [0.3, 0.4) is 0 Å². The summed E-state index contributed by atoms with van der Waals surface area (Å²) in [6.07, 6.45) is 8.96. The van der Waals surface area contributed by atoms with E-state index in [1.54, 1.807) is 0 Å². The molecule has 0 fully saturated rings. The number of fused-ring (bicyclic) bond motifs is 1. The van der Waals surface area contributed by atoms with Gasteiger partial charge in [-0.25, -0.2) is 11.3 Å². The van der Waals surface area contributed by atoms with Crippen LogP contribution in [0.25, 0.3) is 10.8 Å². The average Bonchev–Trinajstić information content (AvgIpc) is 3.27. The van der Waals surface area contributed by atoms with E-state index in [-0.39, 0.29) is 24.8 Å². The van der Waals surface area contributed by atoms with Gasteiger partial charge >= 0.3 is 34.9 Å².